The molecular formula is C23H28N4O4. The molecule has 2 aromatic carbocycles. The molecule has 2 N–H and O–H groups in total. The SMILES string of the molecule is CCCc1c(OCCCCCOc2ccc(-c3nn[nH]n3)cc2)ccc(C(C)=O)c1O. The summed E-state index contributed by atoms with van der Waals surface area (Å²) in [7, 11) is 0. The van der Waals surface area contributed by atoms with E-state index in [9.17, 15) is 9.90 Å². The number of nitrogens with one attached hydrogen (secondary N) is 1. The summed E-state index contributed by atoms with van der Waals surface area (Å²) in [6.07, 6.45) is 4.27. The van der Waals surface area contributed by atoms with E-state index >= 15 is 0 Å². The molecule has 3 aromatic rings. The molecule has 0 aliphatic carbocycles. The average Bonchev–Trinajstić information content (AvgIpc) is 3.30. The van der Waals surface area contributed by atoms with Crippen molar-refractivity contribution in [2.24, 2.45) is 0 Å². The fourth-order valence-electron chi connectivity index (χ4n) is 3.27. The predicted molar refractivity (Wildman–Crippen MR) is 117 cm³/mol. The smallest absolute Gasteiger partial charge is 0.204 e. The molecule has 164 valence electrons. The normalized spacial score (nSPS) is 10.8. The molecule has 0 unspecified atom stereocenters. The van der Waals surface area contributed by atoms with Crippen LogP contribution in [0.1, 0.15) is 55.5 Å². The zero-order chi connectivity index (χ0) is 22.1. The first-order valence-electron chi connectivity index (χ1n) is 10.6. The molecule has 0 spiro atoms. The number of phenolic OH excluding ortho intramolecular Hbond substituents is 1. The lowest BCUT2D eigenvalue weighted by Gasteiger charge is -2.14. The van der Waals surface area contributed by atoms with E-state index in [4.69, 9.17) is 9.47 Å². The Morgan fingerprint density at radius 2 is 1.77 bits per heavy atom. The molecule has 31 heavy (non-hydrogen) atoms. The van der Waals surface area contributed by atoms with Gasteiger partial charge < -0.3 is 14.6 Å². The minimum atomic E-state index is -0.147. The van der Waals surface area contributed by atoms with Gasteiger partial charge in [-0.1, -0.05) is 13.3 Å². The van der Waals surface area contributed by atoms with E-state index in [1.807, 2.05) is 31.2 Å². The van der Waals surface area contributed by atoms with E-state index in [0.717, 1.165) is 37.0 Å². The molecule has 0 aliphatic heterocycles. The third kappa shape index (κ3) is 6.04. The van der Waals surface area contributed by atoms with E-state index in [0.29, 0.717) is 42.3 Å². The van der Waals surface area contributed by atoms with Gasteiger partial charge in [0.2, 0.25) is 5.82 Å². The first-order chi connectivity index (χ1) is 15.1. The summed E-state index contributed by atoms with van der Waals surface area (Å²) in [5.41, 5.74) is 1.93. The lowest BCUT2D eigenvalue weighted by Crippen LogP contribution is -2.04. The van der Waals surface area contributed by atoms with Gasteiger partial charge in [0, 0.05) is 11.1 Å². The van der Waals surface area contributed by atoms with Crippen molar-refractivity contribution in [2.45, 2.75) is 46.0 Å². The Bertz CT molecular complexity index is 972. The van der Waals surface area contributed by atoms with Gasteiger partial charge in [-0.05, 0) is 74.2 Å². The number of phenols is 1. The molecule has 0 amide bonds. The number of H-pyrrole nitrogens is 1. The highest BCUT2D eigenvalue weighted by molar-refractivity contribution is 5.97. The Kier molecular flexibility index (Phi) is 7.98. The Morgan fingerprint density at radius 1 is 1.03 bits per heavy atom. The number of aromatic nitrogens is 4. The number of unbranched alkanes of at least 4 members (excludes halogenated alkanes) is 2. The van der Waals surface area contributed by atoms with E-state index in [2.05, 4.69) is 20.6 Å². The fraction of sp³-hybridized carbons (Fsp3) is 0.391. The number of nitrogens with zero attached hydrogens (tertiary/aromatic N) is 3. The van der Waals surface area contributed by atoms with Crippen molar-refractivity contribution in [3.8, 4) is 28.6 Å². The van der Waals surface area contributed by atoms with Crippen molar-refractivity contribution in [2.75, 3.05) is 13.2 Å². The first-order valence-corrected chi connectivity index (χ1v) is 10.6. The van der Waals surface area contributed by atoms with Gasteiger partial charge in [-0.15, -0.1) is 10.2 Å². The largest absolute Gasteiger partial charge is 0.507 e. The molecule has 1 heterocycles. The highest BCUT2D eigenvalue weighted by atomic mass is 16.5. The number of aromatic amines is 1. The predicted octanol–water partition coefficient (Wildman–Crippen LogP) is 4.36. The summed E-state index contributed by atoms with van der Waals surface area (Å²) < 4.78 is 11.7. The molecule has 0 bridgehead atoms. The average molecular weight is 425 g/mol. The van der Waals surface area contributed by atoms with Crippen molar-refractivity contribution >= 4 is 5.78 Å². The Hall–Kier alpha value is -3.42. The molecule has 8 nitrogen and oxygen atoms in total. The van der Waals surface area contributed by atoms with Crippen LogP contribution in [-0.4, -0.2) is 44.7 Å². The standard InChI is InChI=1S/C23H28N4O4/c1-3-7-20-21(13-12-19(16(2)28)22(20)29)31-15-6-4-5-14-30-18-10-8-17(9-11-18)23-24-26-27-25-23/h8-13,29H,3-7,14-15H2,1-2H3,(H,24,25,26,27). The number of hydrogen-bond acceptors (Lipinski definition) is 7. The van der Waals surface area contributed by atoms with Gasteiger partial charge in [-0.3, -0.25) is 4.79 Å². The van der Waals surface area contributed by atoms with Crippen LogP contribution >= 0.6 is 0 Å². The van der Waals surface area contributed by atoms with Gasteiger partial charge >= 0.3 is 0 Å². The van der Waals surface area contributed by atoms with Crippen molar-refractivity contribution < 1.29 is 19.4 Å². The van der Waals surface area contributed by atoms with Crippen LogP contribution in [0.2, 0.25) is 0 Å². The van der Waals surface area contributed by atoms with Gasteiger partial charge in [0.1, 0.15) is 17.2 Å². The third-order valence-corrected chi connectivity index (χ3v) is 4.89. The molecule has 0 saturated heterocycles. The van der Waals surface area contributed by atoms with Gasteiger partial charge in [0.15, 0.2) is 5.78 Å². The van der Waals surface area contributed by atoms with E-state index < -0.39 is 0 Å². The van der Waals surface area contributed by atoms with Crippen molar-refractivity contribution in [3.05, 3.63) is 47.5 Å². The minimum absolute atomic E-state index is 0.0469. The Balaban J connectivity index is 1.39. The maximum absolute atomic E-state index is 11.6. The van der Waals surface area contributed by atoms with Crippen LogP contribution in [0.4, 0.5) is 0 Å². The maximum atomic E-state index is 11.6. The van der Waals surface area contributed by atoms with Crippen LogP contribution in [0.5, 0.6) is 17.2 Å². The van der Waals surface area contributed by atoms with Crippen LogP contribution in [0.25, 0.3) is 11.4 Å². The number of tetrazole rings is 1. The summed E-state index contributed by atoms with van der Waals surface area (Å²) in [6, 6.07) is 11.0. The first kappa shape index (κ1) is 22.3. The number of hydrogen-bond donors (Lipinski definition) is 2. The maximum Gasteiger partial charge on any atom is 0.204 e. The zero-order valence-electron chi connectivity index (χ0n) is 17.9. The highest BCUT2D eigenvalue weighted by Crippen LogP contribution is 2.33. The number of benzene rings is 2. The monoisotopic (exact) mass is 424 g/mol. The van der Waals surface area contributed by atoms with Crippen LogP contribution < -0.4 is 9.47 Å². The molecule has 0 fully saturated rings. The molecule has 8 heteroatoms. The highest BCUT2D eigenvalue weighted by Gasteiger charge is 2.15. The second-order valence-electron chi connectivity index (χ2n) is 7.26. The third-order valence-electron chi connectivity index (χ3n) is 4.89. The Labute approximate surface area is 181 Å². The summed E-state index contributed by atoms with van der Waals surface area (Å²) in [6.45, 7) is 4.66. The summed E-state index contributed by atoms with van der Waals surface area (Å²) >= 11 is 0. The summed E-state index contributed by atoms with van der Waals surface area (Å²) in [5, 5.41) is 24.3. The number of ether oxygens (including phenoxy) is 2. The van der Waals surface area contributed by atoms with Crippen molar-refractivity contribution in [3.63, 3.8) is 0 Å². The fourth-order valence-corrected chi connectivity index (χ4v) is 3.27. The van der Waals surface area contributed by atoms with Crippen LogP contribution in [0.15, 0.2) is 36.4 Å². The lowest BCUT2D eigenvalue weighted by atomic mass is 10.0. The summed E-state index contributed by atoms with van der Waals surface area (Å²) in [5.74, 6) is 1.91. The number of Topliss-reactive ketones (excluding diaryl/α,β-unsaturated/α-hetero) is 1. The molecule has 3 rings (SSSR count). The van der Waals surface area contributed by atoms with E-state index in [-0.39, 0.29) is 11.5 Å². The van der Waals surface area contributed by atoms with E-state index in [1.54, 1.807) is 12.1 Å². The van der Waals surface area contributed by atoms with Crippen molar-refractivity contribution in [1.82, 2.24) is 20.6 Å². The van der Waals surface area contributed by atoms with Crippen LogP contribution in [0, 0.1) is 0 Å². The molecule has 0 atom stereocenters. The quantitative estimate of drug-likeness (QED) is 0.328. The van der Waals surface area contributed by atoms with Gasteiger partial charge in [0.05, 0.1) is 18.8 Å². The topological polar surface area (TPSA) is 110 Å². The van der Waals surface area contributed by atoms with Gasteiger partial charge in [0.25, 0.3) is 0 Å². The van der Waals surface area contributed by atoms with Crippen LogP contribution in [0.3, 0.4) is 0 Å². The van der Waals surface area contributed by atoms with Gasteiger partial charge in [-0.2, -0.15) is 5.21 Å². The van der Waals surface area contributed by atoms with Gasteiger partial charge in [-0.25, -0.2) is 0 Å². The number of aromatic hydroxyl groups is 1. The van der Waals surface area contributed by atoms with E-state index in [1.165, 1.54) is 6.92 Å². The molecule has 0 aliphatic rings. The molecular weight excluding hydrogens is 396 g/mol. The Morgan fingerprint density at radius 3 is 2.42 bits per heavy atom. The lowest BCUT2D eigenvalue weighted by molar-refractivity contribution is 0.101. The number of rotatable bonds is 12. The second-order valence-corrected chi connectivity index (χ2v) is 7.26. The zero-order valence-corrected chi connectivity index (χ0v) is 17.9. The molecule has 0 radical (unpaired) electrons. The summed E-state index contributed by atoms with van der Waals surface area (Å²) in [4.78, 5) is 11.6. The molecule has 1 aromatic heterocycles. The molecule has 0 saturated carbocycles. The second kappa shape index (κ2) is 11.1. The number of carbonyl (C=O) groups is 1. The van der Waals surface area contributed by atoms with Crippen molar-refractivity contribution in [1.29, 1.82) is 0 Å². The minimum Gasteiger partial charge on any atom is -0.507 e. The number of ketones is 1. The number of carbonyl (C=O) groups excluding carboxylic acids is 1. The van der Waals surface area contributed by atoms with Crippen LogP contribution in [-0.2, 0) is 6.42 Å².